The first-order chi connectivity index (χ1) is 11.0. The Morgan fingerprint density at radius 2 is 1.65 bits per heavy atom. The number of nitrogens with zero attached hydrogens (tertiary/aromatic N) is 1. The number of benzene rings is 2. The number of phenolic OH excluding ortho intramolecular Hbond substituents is 1. The Balaban J connectivity index is 2.09. The average molecular weight is 315 g/mol. The van der Waals surface area contributed by atoms with Crippen molar-refractivity contribution in [2.75, 3.05) is 13.7 Å². The second-order valence-electron chi connectivity index (χ2n) is 5.10. The average Bonchev–Trinajstić information content (AvgIpc) is 2.56. The van der Waals surface area contributed by atoms with Crippen LogP contribution in [0.15, 0.2) is 48.5 Å². The van der Waals surface area contributed by atoms with E-state index < -0.39 is 6.09 Å². The molecule has 0 fully saturated rings. The molecule has 0 aliphatic heterocycles. The fraction of sp³-hybridized carbons (Fsp3) is 0.278. The molecule has 0 bridgehead atoms. The van der Waals surface area contributed by atoms with E-state index in [0.717, 1.165) is 5.56 Å². The molecule has 5 heteroatoms. The molecule has 0 radical (unpaired) electrons. The van der Waals surface area contributed by atoms with Crippen LogP contribution in [0.4, 0.5) is 4.79 Å². The maximum atomic E-state index is 12.4. The molecule has 0 saturated carbocycles. The van der Waals surface area contributed by atoms with Gasteiger partial charge in [-0.2, -0.15) is 0 Å². The first kappa shape index (κ1) is 16.7. The van der Waals surface area contributed by atoms with Gasteiger partial charge in [0.1, 0.15) is 17.2 Å². The molecule has 2 rings (SSSR count). The van der Waals surface area contributed by atoms with Crippen molar-refractivity contribution < 1.29 is 19.4 Å². The number of aromatic hydroxyl groups is 1. The molecule has 0 heterocycles. The van der Waals surface area contributed by atoms with Gasteiger partial charge in [-0.1, -0.05) is 12.1 Å². The molecule has 1 atom stereocenters. The van der Waals surface area contributed by atoms with Gasteiger partial charge in [0.25, 0.3) is 0 Å². The molecule has 1 unspecified atom stereocenters. The molecule has 2 aromatic carbocycles. The molecule has 0 aromatic heterocycles. The molecule has 2 aromatic rings. The van der Waals surface area contributed by atoms with Crippen molar-refractivity contribution >= 4 is 6.09 Å². The largest absolute Gasteiger partial charge is 0.508 e. The van der Waals surface area contributed by atoms with Crippen molar-refractivity contribution in [3.05, 3.63) is 54.1 Å². The third-order valence-electron chi connectivity index (χ3n) is 3.68. The minimum atomic E-state index is -0.418. The molecule has 0 saturated heterocycles. The SMILES string of the molecule is CCN(C(=O)Oc1ccc(OC)cc1)C(C)c1ccc(O)cc1. The van der Waals surface area contributed by atoms with Crippen molar-refractivity contribution in [3.63, 3.8) is 0 Å². The summed E-state index contributed by atoms with van der Waals surface area (Å²) >= 11 is 0. The summed E-state index contributed by atoms with van der Waals surface area (Å²) in [6, 6.07) is 13.5. The summed E-state index contributed by atoms with van der Waals surface area (Å²) in [5.74, 6) is 1.37. The Bertz CT molecular complexity index is 637. The number of carbonyl (C=O) groups excluding carboxylic acids is 1. The highest BCUT2D eigenvalue weighted by Crippen LogP contribution is 2.24. The number of hydrogen-bond donors (Lipinski definition) is 1. The molecule has 0 aliphatic rings. The number of amides is 1. The van der Waals surface area contributed by atoms with E-state index in [-0.39, 0.29) is 11.8 Å². The Hall–Kier alpha value is -2.69. The highest BCUT2D eigenvalue weighted by molar-refractivity contribution is 5.71. The third-order valence-corrected chi connectivity index (χ3v) is 3.68. The third kappa shape index (κ3) is 4.16. The van der Waals surface area contributed by atoms with Gasteiger partial charge in [-0.3, -0.25) is 0 Å². The van der Waals surface area contributed by atoms with Gasteiger partial charge in [0.2, 0.25) is 0 Å². The van der Waals surface area contributed by atoms with Crippen LogP contribution in [0.5, 0.6) is 17.2 Å². The van der Waals surface area contributed by atoms with Crippen LogP contribution in [-0.2, 0) is 0 Å². The number of hydrogen-bond acceptors (Lipinski definition) is 4. The second-order valence-corrected chi connectivity index (χ2v) is 5.10. The number of ether oxygens (including phenoxy) is 2. The molecule has 122 valence electrons. The summed E-state index contributed by atoms with van der Waals surface area (Å²) in [6.45, 7) is 4.33. The topological polar surface area (TPSA) is 59.0 Å². The Morgan fingerprint density at radius 1 is 1.09 bits per heavy atom. The minimum absolute atomic E-state index is 0.161. The Kier molecular flexibility index (Phi) is 5.46. The summed E-state index contributed by atoms with van der Waals surface area (Å²) in [5.41, 5.74) is 0.927. The maximum absolute atomic E-state index is 12.4. The smallest absolute Gasteiger partial charge is 0.415 e. The number of methoxy groups -OCH3 is 1. The van der Waals surface area contributed by atoms with E-state index >= 15 is 0 Å². The Labute approximate surface area is 136 Å². The summed E-state index contributed by atoms with van der Waals surface area (Å²) in [5, 5.41) is 9.37. The van der Waals surface area contributed by atoms with Crippen LogP contribution < -0.4 is 9.47 Å². The van der Waals surface area contributed by atoms with Gasteiger partial charge in [-0.15, -0.1) is 0 Å². The highest BCUT2D eigenvalue weighted by Gasteiger charge is 2.21. The predicted octanol–water partition coefficient (Wildman–Crippen LogP) is 3.98. The standard InChI is InChI=1S/C18H21NO4/c1-4-19(13(2)14-5-7-15(20)8-6-14)18(21)23-17-11-9-16(22-3)10-12-17/h5-13,20H,4H2,1-3H3. The van der Waals surface area contributed by atoms with E-state index in [2.05, 4.69) is 0 Å². The molecule has 1 amide bonds. The van der Waals surface area contributed by atoms with E-state index in [9.17, 15) is 9.90 Å². The minimum Gasteiger partial charge on any atom is -0.508 e. The monoisotopic (exact) mass is 315 g/mol. The van der Waals surface area contributed by atoms with Gasteiger partial charge in [0, 0.05) is 6.54 Å². The molecule has 5 nitrogen and oxygen atoms in total. The molecule has 1 N–H and O–H groups in total. The van der Waals surface area contributed by atoms with Gasteiger partial charge < -0.3 is 19.5 Å². The van der Waals surface area contributed by atoms with Crippen molar-refractivity contribution in [1.29, 1.82) is 0 Å². The fourth-order valence-corrected chi connectivity index (χ4v) is 2.30. The maximum Gasteiger partial charge on any atom is 0.415 e. The first-order valence-electron chi connectivity index (χ1n) is 7.46. The van der Waals surface area contributed by atoms with Crippen LogP contribution in [0.2, 0.25) is 0 Å². The zero-order valence-electron chi connectivity index (χ0n) is 13.5. The lowest BCUT2D eigenvalue weighted by Crippen LogP contribution is -2.35. The zero-order valence-corrected chi connectivity index (χ0v) is 13.5. The lowest BCUT2D eigenvalue weighted by Gasteiger charge is -2.27. The van der Waals surface area contributed by atoms with E-state index in [0.29, 0.717) is 18.0 Å². The molecular formula is C18H21NO4. The zero-order chi connectivity index (χ0) is 16.8. The van der Waals surface area contributed by atoms with E-state index in [1.165, 1.54) is 0 Å². The van der Waals surface area contributed by atoms with E-state index in [1.807, 2.05) is 13.8 Å². The van der Waals surface area contributed by atoms with Gasteiger partial charge in [-0.25, -0.2) is 4.79 Å². The van der Waals surface area contributed by atoms with Crippen molar-refractivity contribution in [2.24, 2.45) is 0 Å². The predicted molar refractivity (Wildman–Crippen MR) is 87.9 cm³/mol. The Morgan fingerprint density at radius 3 is 2.17 bits per heavy atom. The normalized spacial score (nSPS) is 11.6. The summed E-state index contributed by atoms with van der Waals surface area (Å²) in [4.78, 5) is 14.0. The molecule has 23 heavy (non-hydrogen) atoms. The first-order valence-corrected chi connectivity index (χ1v) is 7.46. The quantitative estimate of drug-likeness (QED) is 0.906. The second kappa shape index (κ2) is 7.54. The summed E-state index contributed by atoms with van der Waals surface area (Å²) in [6.07, 6.45) is -0.418. The van der Waals surface area contributed by atoms with Crippen LogP contribution in [-0.4, -0.2) is 29.8 Å². The van der Waals surface area contributed by atoms with Gasteiger partial charge >= 0.3 is 6.09 Å². The number of rotatable bonds is 5. The lowest BCUT2D eigenvalue weighted by molar-refractivity contribution is 0.138. The van der Waals surface area contributed by atoms with Gasteiger partial charge in [-0.05, 0) is 55.8 Å². The van der Waals surface area contributed by atoms with E-state index in [4.69, 9.17) is 9.47 Å². The van der Waals surface area contributed by atoms with Crippen LogP contribution in [0.25, 0.3) is 0 Å². The van der Waals surface area contributed by atoms with Crippen LogP contribution >= 0.6 is 0 Å². The van der Waals surface area contributed by atoms with Crippen molar-refractivity contribution in [1.82, 2.24) is 4.90 Å². The number of phenols is 1. The summed E-state index contributed by atoms with van der Waals surface area (Å²) < 4.78 is 10.5. The van der Waals surface area contributed by atoms with Crippen molar-refractivity contribution in [2.45, 2.75) is 19.9 Å². The van der Waals surface area contributed by atoms with Gasteiger partial charge in [0.15, 0.2) is 0 Å². The van der Waals surface area contributed by atoms with Crippen LogP contribution in [0.3, 0.4) is 0 Å². The van der Waals surface area contributed by atoms with Crippen LogP contribution in [0.1, 0.15) is 25.5 Å². The highest BCUT2D eigenvalue weighted by atomic mass is 16.6. The number of carbonyl (C=O) groups is 1. The molecular weight excluding hydrogens is 294 g/mol. The fourth-order valence-electron chi connectivity index (χ4n) is 2.30. The molecule has 0 aliphatic carbocycles. The molecule has 0 spiro atoms. The van der Waals surface area contributed by atoms with Crippen molar-refractivity contribution in [3.8, 4) is 17.2 Å². The van der Waals surface area contributed by atoms with Gasteiger partial charge in [0.05, 0.1) is 13.2 Å². The van der Waals surface area contributed by atoms with Crippen LogP contribution in [0, 0.1) is 0 Å². The lowest BCUT2D eigenvalue weighted by atomic mass is 10.1. The summed E-state index contributed by atoms with van der Waals surface area (Å²) in [7, 11) is 1.58. The van der Waals surface area contributed by atoms with E-state index in [1.54, 1.807) is 60.5 Å².